The monoisotopic (exact) mass is 247 g/mol. The average Bonchev–Trinajstić information content (AvgIpc) is 2.38. The molecule has 0 aliphatic rings. The van der Waals surface area contributed by atoms with Crippen LogP contribution in [0, 0.1) is 6.92 Å². The Kier molecular flexibility index (Phi) is 3.24. The largest absolute Gasteiger partial charge is 0.496 e. The number of rotatable bonds is 3. The molecule has 0 atom stereocenters. The summed E-state index contributed by atoms with van der Waals surface area (Å²) in [6, 6.07) is 5.34. The van der Waals surface area contributed by atoms with E-state index in [1.807, 2.05) is 13.0 Å². The summed E-state index contributed by atoms with van der Waals surface area (Å²) in [5, 5.41) is 7.57. The quantitative estimate of drug-likeness (QED) is 0.536. The fourth-order valence-corrected chi connectivity index (χ4v) is 1.62. The summed E-state index contributed by atoms with van der Waals surface area (Å²) >= 11 is 0. The van der Waals surface area contributed by atoms with Crippen LogP contribution in [0.3, 0.4) is 0 Å². The van der Waals surface area contributed by atoms with Gasteiger partial charge in [0.2, 0.25) is 5.95 Å². The molecule has 0 saturated heterocycles. The van der Waals surface area contributed by atoms with E-state index < -0.39 is 0 Å². The number of nitrogens with zero attached hydrogens (tertiary/aromatic N) is 2. The van der Waals surface area contributed by atoms with Crippen molar-refractivity contribution in [2.75, 3.05) is 12.5 Å². The Bertz CT molecular complexity index is 623. The predicted molar refractivity (Wildman–Crippen MR) is 67.2 cm³/mol. The van der Waals surface area contributed by atoms with Gasteiger partial charge in [0.25, 0.3) is 5.56 Å². The molecule has 0 unspecified atom stereocenters. The molecule has 2 aromatic rings. The molecule has 7 heteroatoms. The summed E-state index contributed by atoms with van der Waals surface area (Å²) in [7, 11) is 1.59. The van der Waals surface area contributed by atoms with Crippen molar-refractivity contribution in [2.45, 2.75) is 6.92 Å². The SMILES string of the molecule is COc1ccc(-c2nnc(NN)[nH]c2=O)cc1C. The number of methoxy groups -OCH3 is 1. The number of hydrogen-bond acceptors (Lipinski definition) is 6. The van der Waals surface area contributed by atoms with Crippen LogP contribution in [-0.4, -0.2) is 22.3 Å². The van der Waals surface area contributed by atoms with E-state index in [1.165, 1.54) is 0 Å². The van der Waals surface area contributed by atoms with Crippen LogP contribution in [0.5, 0.6) is 5.75 Å². The highest BCUT2D eigenvalue weighted by Gasteiger charge is 2.09. The van der Waals surface area contributed by atoms with Crippen molar-refractivity contribution in [1.29, 1.82) is 0 Å². The Balaban J connectivity index is 2.49. The third-order valence-electron chi connectivity index (χ3n) is 2.50. The molecule has 0 amide bonds. The van der Waals surface area contributed by atoms with Crippen LogP contribution in [0.2, 0.25) is 0 Å². The number of benzene rings is 1. The van der Waals surface area contributed by atoms with Gasteiger partial charge in [-0.15, -0.1) is 10.2 Å². The molecule has 0 fully saturated rings. The van der Waals surface area contributed by atoms with Gasteiger partial charge in [-0.25, -0.2) is 5.84 Å². The minimum absolute atomic E-state index is 0.119. The Hall–Kier alpha value is -2.41. The normalized spacial score (nSPS) is 10.2. The van der Waals surface area contributed by atoms with Crippen molar-refractivity contribution in [3.05, 3.63) is 34.1 Å². The number of aromatic nitrogens is 3. The molecular formula is C11H13N5O2. The zero-order chi connectivity index (χ0) is 13.1. The van der Waals surface area contributed by atoms with E-state index in [2.05, 4.69) is 20.6 Å². The fraction of sp³-hybridized carbons (Fsp3) is 0.182. The van der Waals surface area contributed by atoms with E-state index in [0.29, 0.717) is 5.56 Å². The predicted octanol–water partition coefficient (Wildman–Crippen LogP) is 0.435. The number of anilines is 1. The summed E-state index contributed by atoms with van der Waals surface area (Å²) in [5.74, 6) is 6.00. The van der Waals surface area contributed by atoms with Crippen molar-refractivity contribution in [2.24, 2.45) is 5.84 Å². The molecule has 2 rings (SSSR count). The number of nitrogens with two attached hydrogens (primary N) is 1. The highest BCUT2D eigenvalue weighted by Crippen LogP contribution is 2.22. The lowest BCUT2D eigenvalue weighted by Crippen LogP contribution is -2.19. The first-order valence-corrected chi connectivity index (χ1v) is 5.24. The number of hydrazine groups is 1. The standard InChI is InChI=1S/C11H13N5O2/c1-6-5-7(3-4-8(6)18-2)9-10(17)13-11(14-12)16-15-9/h3-5H,12H2,1-2H3,(H2,13,14,16,17). The maximum Gasteiger partial charge on any atom is 0.279 e. The van der Waals surface area contributed by atoms with Gasteiger partial charge in [-0.3, -0.25) is 15.2 Å². The summed E-state index contributed by atoms with van der Waals surface area (Å²) in [6.45, 7) is 1.89. The van der Waals surface area contributed by atoms with Crippen molar-refractivity contribution in [3.8, 4) is 17.0 Å². The number of hydrogen-bond donors (Lipinski definition) is 3. The van der Waals surface area contributed by atoms with Gasteiger partial charge in [-0.2, -0.15) is 0 Å². The Morgan fingerprint density at radius 3 is 2.72 bits per heavy atom. The van der Waals surface area contributed by atoms with E-state index in [4.69, 9.17) is 10.6 Å². The fourth-order valence-electron chi connectivity index (χ4n) is 1.62. The lowest BCUT2D eigenvalue weighted by Gasteiger charge is -2.06. The van der Waals surface area contributed by atoms with Crippen LogP contribution in [-0.2, 0) is 0 Å². The molecule has 0 aliphatic carbocycles. The van der Waals surface area contributed by atoms with Crippen LogP contribution in [0.25, 0.3) is 11.3 Å². The van der Waals surface area contributed by atoms with Gasteiger partial charge in [0.15, 0.2) is 5.69 Å². The number of aromatic amines is 1. The highest BCUT2D eigenvalue weighted by atomic mass is 16.5. The van der Waals surface area contributed by atoms with Gasteiger partial charge in [-0.1, -0.05) is 0 Å². The third kappa shape index (κ3) is 2.16. The molecule has 18 heavy (non-hydrogen) atoms. The summed E-state index contributed by atoms with van der Waals surface area (Å²) < 4.78 is 5.15. The Morgan fingerprint density at radius 2 is 2.17 bits per heavy atom. The maximum absolute atomic E-state index is 11.8. The molecule has 0 saturated carbocycles. The molecule has 94 valence electrons. The first-order valence-electron chi connectivity index (χ1n) is 5.24. The minimum atomic E-state index is -0.359. The molecule has 7 nitrogen and oxygen atoms in total. The van der Waals surface area contributed by atoms with Crippen molar-refractivity contribution in [1.82, 2.24) is 15.2 Å². The van der Waals surface area contributed by atoms with Gasteiger partial charge >= 0.3 is 0 Å². The molecule has 0 radical (unpaired) electrons. The smallest absolute Gasteiger partial charge is 0.279 e. The summed E-state index contributed by atoms with van der Waals surface area (Å²) in [6.07, 6.45) is 0. The third-order valence-corrected chi connectivity index (χ3v) is 2.50. The number of H-pyrrole nitrogens is 1. The number of nitrogens with one attached hydrogen (secondary N) is 2. The van der Waals surface area contributed by atoms with Gasteiger partial charge in [0.05, 0.1) is 7.11 Å². The second-order valence-corrected chi connectivity index (χ2v) is 3.68. The number of ether oxygens (including phenoxy) is 1. The first kappa shape index (κ1) is 12.1. The minimum Gasteiger partial charge on any atom is -0.496 e. The van der Waals surface area contributed by atoms with Crippen molar-refractivity contribution in [3.63, 3.8) is 0 Å². The molecule has 1 heterocycles. The molecule has 1 aromatic carbocycles. The zero-order valence-electron chi connectivity index (χ0n) is 10.0. The van der Waals surface area contributed by atoms with Gasteiger partial charge in [0, 0.05) is 5.56 Å². The van der Waals surface area contributed by atoms with Crippen molar-refractivity contribution >= 4 is 5.95 Å². The van der Waals surface area contributed by atoms with Crippen molar-refractivity contribution < 1.29 is 4.74 Å². The van der Waals surface area contributed by atoms with Gasteiger partial charge < -0.3 is 4.74 Å². The zero-order valence-corrected chi connectivity index (χ0v) is 10.0. The lowest BCUT2D eigenvalue weighted by atomic mass is 10.1. The molecule has 1 aromatic heterocycles. The Labute approximate surface area is 103 Å². The van der Waals surface area contributed by atoms with Crippen LogP contribution in [0.15, 0.2) is 23.0 Å². The lowest BCUT2D eigenvalue weighted by molar-refractivity contribution is 0.412. The number of aryl methyl sites for hydroxylation is 1. The average molecular weight is 247 g/mol. The van der Waals surface area contributed by atoms with Crippen LogP contribution in [0.1, 0.15) is 5.56 Å². The molecule has 0 aliphatic heterocycles. The second-order valence-electron chi connectivity index (χ2n) is 3.68. The second kappa shape index (κ2) is 4.84. The van der Waals surface area contributed by atoms with Gasteiger partial charge in [-0.05, 0) is 30.7 Å². The topological polar surface area (TPSA) is 106 Å². The molecular weight excluding hydrogens is 234 g/mol. The number of nitrogen functional groups attached to an aromatic ring is 1. The van der Waals surface area contributed by atoms with E-state index in [-0.39, 0.29) is 17.2 Å². The Morgan fingerprint density at radius 1 is 1.39 bits per heavy atom. The highest BCUT2D eigenvalue weighted by molar-refractivity contribution is 5.61. The van der Waals surface area contributed by atoms with E-state index in [0.717, 1.165) is 11.3 Å². The maximum atomic E-state index is 11.8. The summed E-state index contributed by atoms with van der Waals surface area (Å²) in [4.78, 5) is 14.3. The van der Waals surface area contributed by atoms with Crippen LogP contribution in [0.4, 0.5) is 5.95 Å². The van der Waals surface area contributed by atoms with E-state index in [1.54, 1.807) is 19.2 Å². The van der Waals surface area contributed by atoms with Gasteiger partial charge in [0.1, 0.15) is 5.75 Å². The van der Waals surface area contributed by atoms with Crippen LogP contribution < -0.4 is 21.6 Å². The summed E-state index contributed by atoms with van der Waals surface area (Å²) in [5.41, 5.74) is 3.69. The van der Waals surface area contributed by atoms with E-state index in [9.17, 15) is 4.79 Å². The first-order chi connectivity index (χ1) is 8.65. The van der Waals surface area contributed by atoms with E-state index >= 15 is 0 Å². The molecule has 0 spiro atoms. The molecule has 4 N–H and O–H groups in total. The van der Waals surface area contributed by atoms with Crippen LogP contribution >= 0.6 is 0 Å². The molecule has 0 bridgehead atoms.